The third-order valence-corrected chi connectivity index (χ3v) is 4.30. The Morgan fingerprint density at radius 1 is 0.607 bits per heavy atom. The lowest BCUT2D eigenvalue weighted by Gasteiger charge is -2.15. The average molecular weight is 372 g/mol. The zero-order valence-corrected chi connectivity index (χ0v) is 15.6. The maximum Gasteiger partial charge on any atom is 0.214 e. The number of pyridine rings is 2. The summed E-state index contributed by atoms with van der Waals surface area (Å²) in [5, 5.41) is 8.93. The first-order chi connectivity index (χ1) is 13.8. The van der Waals surface area contributed by atoms with Crippen molar-refractivity contribution >= 4 is 33.8 Å². The van der Waals surface area contributed by atoms with E-state index in [0.717, 1.165) is 22.1 Å². The normalized spacial score (nSPS) is 10.5. The van der Waals surface area contributed by atoms with Crippen LogP contribution in [0.1, 0.15) is 0 Å². The van der Waals surface area contributed by atoms with Crippen LogP contribution in [-0.4, -0.2) is 24.2 Å². The predicted octanol–water partition coefficient (Wildman–Crippen LogP) is 5.13. The van der Waals surface area contributed by atoms with Crippen molar-refractivity contribution in [3.63, 3.8) is 0 Å². The summed E-state index contributed by atoms with van der Waals surface area (Å²) in [7, 11) is 3.21. The van der Waals surface area contributed by atoms with Gasteiger partial charge in [-0.05, 0) is 29.7 Å². The maximum absolute atomic E-state index is 5.22. The van der Waals surface area contributed by atoms with Gasteiger partial charge in [0.25, 0.3) is 0 Å². The van der Waals surface area contributed by atoms with Crippen molar-refractivity contribution in [1.29, 1.82) is 0 Å². The minimum atomic E-state index is 0.559. The van der Waals surface area contributed by atoms with Crippen LogP contribution >= 0.6 is 0 Å². The first kappa shape index (κ1) is 17.6. The van der Waals surface area contributed by atoms with Gasteiger partial charge in [-0.25, -0.2) is 0 Å². The molecule has 0 unspecified atom stereocenters. The first-order valence-electron chi connectivity index (χ1n) is 8.85. The number of hydrogen-bond acceptors (Lipinski definition) is 6. The number of nitrogens with zero attached hydrogens (tertiary/aromatic N) is 2. The third kappa shape index (κ3) is 3.66. The molecule has 2 heterocycles. The summed E-state index contributed by atoms with van der Waals surface area (Å²) in [4.78, 5) is 8.89. The van der Waals surface area contributed by atoms with Gasteiger partial charge in [-0.1, -0.05) is 36.4 Å². The van der Waals surface area contributed by atoms with Gasteiger partial charge in [0.15, 0.2) is 0 Å². The zero-order chi connectivity index (χ0) is 19.3. The van der Waals surface area contributed by atoms with Crippen LogP contribution in [0.4, 0.5) is 23.0 Å². The Balaban J connectivity index is 1.75. The second-order valence-electron chi connectivity index (χ2n) is 6.09. The minimum Gasteiger partial charge on any atom is -0.481 e. The van der Waals surface area contributed by atoms with Crippen molar-refractivity contribution in [1.82, 2.24) is 9.97 Å². The molecule has 2 aromatic carbocycles. The monoisotopic (exact) mass is 372 g/mol. The Morgan fingerprint density at radius 3 is 1.54 bits per heavy atom. The van der Waals surface area contributed by atoms with E-state index in [9.17, 15) is 0 Å². The van der Waals surface area contributed by atoms with E-state index < -0.39 is 0 Å². The van der Waals surface area contributed by atoms with Gasteiger partial charge in [0, 0.05) is 28.9 Å². The number of methoxy groups -OCH3 is 2. The smallest absolute Gasteiger partial charge is 0.214 e. The molecule has 140 valence electrons. The largest absolute Gasteiger partial charge is 0.481 e. The van der Waals surface area contributed by atoms with Crippen LogP contribution in [0.3, 0.4) is 0 Å². The van der Waals surface area contributed by atoms with Crippen molar-refractivity contribution in [3.05, 3.63) is 72.8 Å². The number of rotatable bonds is 6. The summed E-state index contributed by atoms with van der Waals surface area (Å²) >= 11 is 0. The van der Waals surface area contributed by atoms with Crippen LogP contribution in [-0.2, 0) is 0 Å². The molecule has 6 heteroatoms. The molecular formula is C22H20N4O2. The standard InChI is InChI=1S/C22H20N4O2/c1-27-20-13-5-11-18(25-20)23-16-9-3-7-15-8-4-10-17(22(15)16)24-19-12-6-14-21(26-19)28-2/h3-14H,1-2H3,(H,23,25)(H,24,26). The molecule has 4 aromatic rings. The molecule has 0 saturated heterocycles. The molecule has 2 aromatic heterocycles. The van der Waals surface area contributed by atoms with E-state index in [4.69, 9.17) is 9.47 Å². The summed E-state index contributed by atoms with van der Waals surface area (Å²) in [6.07, 6.45) is 0. The second-order valence-corrected chi connectivity index (χ2v) is 6.09. The van der Waals surface area contributed by atoms with Gasteiger partial charge in [-0.2, -0.15) is 9.97 Å². The van der Waals surface area contributed by atoms with Crippen molar-refractivity contribution < 1.29 is 9.47 Å². The fourth-order valence-corrected chi connectivity index (χ4v) is 3.02. The first-order valence-corrected chi connectivity index (χ1v) is 8.85. The molecule has 28 heavy (non-hydrogen) atoms. The number of ether oxygens (including phenoxy) is 2. The lowest BCUT2D eigenvalue weighted by Crippen LogP contribution is -1.99. The van der Waals surface area contributed by atoms with Crippen LogP contribution in [0.25, 0.3) is 10.8 Å². The van der Waals surface area contributed by atoms with E-state index >= 15 is 0 Å². The van der Waals surface area contributed by atoms with Crippen molar-refractivity contribution in [2.75, 3.05) is 24.9 Å². The highest BCUT2D eigenvalue weighted by Gasteiger charge is 2.09. The Kier molecular flexibility index (Phi) is 4.93. The molecule has 0 spiro atoms. The molecule has 0 saturated carbocycles. The highest BCUT2D eigenvalue weighted by molar-refractivity contribution is 6.04. The van der Waals surface area contributed by atoms with Gasteiger partial charge >= 0.3 is 0 Å². The Bertz CT molecular complexity index is 1030. The second kappa shape index (κ2) is 7.84. The predicted molar refractivity (Wildman–Crippen MR) is 112 cm³/mol. The minimum absolute atomic E-state index is 0.559. The van der Waals surface area contributed by atoms with Gasteiger partial charge in [-0.3, -0.25) is 0 Å². The molecular weight excluding hydrogens is 352 g/mol. The van der Waals surface area contributed by atoms with Crippen LogP contribution in [0.15, 0.2) is 72.8 Å². The van der Waals surface area contributed by atoms with E-state index in [1.165, 1.54) is 0 Å². The molecule has 0 aliphatic carbocycles. The Morgan fingerprint density at radius 2 is 1.07 bits per heavy atom. The lowest BCUT2D eigenvalue weighted by atomic mass is 10.1. The SMILES string of the molecule is COc1cccc(Nc2cccc3cccc(Nc4cccc(OC)n4)c23)n1. The van der Waals surface area contributed by atoms with Gasteiger partial charge in [0.1, 0.15) is 11.6 Å². The summed E-state index contributed by atoms with van der Waals surface area (Å²) < 4.78 is 10.4. The molecule has 0 amide bonds. The van der Waals surface area contributed by atoms with E-state index in [-0.39, 0.29) is 0 Å². The lowest BCUT2D eigenvalue weighted by molar-refractivity contribution is 0.398. The number of nitrogens with one attached hydrogen (secondary N) is 2. The van der Waals surface area contributed by atoms with Crippen LogP contribution < -0.4 is 20.1 Å². The van der Waals surface area contributed by atoms with Gasteiger partial charge in [-0.15, -0.1) is 0 Å². The van der Waals surface area contributed by atoms with Gasteiger partial charge in [0.2, 0.25) is 11.8 Å². The van der Waals surface area contributed by atoms with Gasteiger partial charge < -0.3 is 20.1 Å². The van der Waals surface area contributed by atoms with E-state index in [0.29, 0.717) is 23.4 Å². The Labute approximate surface area is 163 Å². The number of aromatic nitrogens is 2. The van der Waals surface area contributed by atoms with Crippen molar-refractivity contribution in [3.8, 4) is 11.8 Å². The zero-order valence-electron chi connectivity index (χ0n) is 15.6. The van der Waals surface area contributed by atoms with E-state index in [1.54, 1.807) is 14.2 Å². The van der Waals surface area contributed by atoms with Crippen molar-refractivity contribution in [2.45, 2.75) is 0 Å². The van der Waals surface area contributed by atoms with Crippen LogP contribution in [0, 0.1) is 0 Å². The molecule has 6 nitrogen and oxygen atoms in total. The number of fused-ring (bicyclic) bond motifs is 1. The number of benzene rings is 2. The number of hydrogen-bond donors (Lipinski definition) is 2. The quantitative estimate of drug-likeness (QED) is 0.489. The molecule has 0 radical (unpaired) electrons. The summed E-state index contributed by atoms with van der Waals surface area (Å²) in [5.74, 6) is 2.54. The fourth-order valence-electron chi connectivity index (χ4n) is 3.02. The maximum atomic E-state index is 5.22. The van der Waals surface area contributed by atoms with Crippen molar-refractivity contribution in [2.24, 2.45) is 0 Å². The van der Waals surface area contributed by atoms with E-state index in [2.05, 4.69) is 32.7 Å². The molecule has 4 rings (SSSR count). The molecule has 0 bridgehead atoms. The molecule has 2 N–H and O–H groups in total. The molecule has 0 fully saturated rings. The molecule has 0 atom stereocenters. The fraction of sp³-hybridized carbons (Fsp3) is 0.0909. The highest BCUT2D eigenvalue weighted by atomic mass is 16.5. The van der Waals surface area contributed by atoms with E-state index in [1.807, 2.05) is 60.7 Å². The molecule has 0 aliphatic rings. The third-order valence-electron chi connectivity index (χ3n) is 4.30. The summed E-state index contributed by atoms with van der Waals surface area (Å²) in [5.41, 5.74) is 1.87. The Hall–Kier alpha value is -3.80. The van der Waals surface area contributed by atoms with Crippen LogP contribution in [0.2, 0.25) is 0 Å². The van der Waals surface area contributed by atoms with Crippen LogP contribution in [0.5, 0.6) is 11.8 Å². The molecule has 0 aliphatic heterocycles. The summed E-state index contributed by atoms with van der Waals surface area (Å²) in [6.45, 7) is 0. The van der Waals surface area contributed by atoms with Gasteiger partial charge in [0.05, 0.1) is 14.2 Å². The number of anilines is 4. The topological polar surface area (TPSA) is 68.3 Å². The highest BCUT2D eigenvalue weighted by Crippen LogP contribution is 2.34. The summed E-state index contributed by atoms with van der Waals surface area (Å²) in [6, 6.07) is 23.5. The average Bonchev–Trinajstić information content (AvgIpc) is 2.74.